The van der Waals surface area contributed by atoms with E-state index >= 15 is 0 Å². The van der Waals surface area contributed by atoms with E-state index in [0.717, 1.165) is 16.7 Å². The van der Waals surface area contributed by atoms with Crippen LogP contribution in [0.2, 0.25) is 0 Å². The molecule has 1 aromatic carbocycles. The summed E-state index contributed by atoms with van der Waals surface area (Å²) in [6.07, 6.45) is 5.73. The number of carboxylic acid groups (broad SMARTS) is 1. The number of nitrogens with zero attached hydrogens (tertiary/aromatic N) is 2. The third kappa shape index (κ3) is 4.36. The standard InChI is InChI=1S/C19H16N2O3S2/c22-17(23)7-3-9-21-18(24)16(26-19(21)25)11-13-4-1-5-14(10-13)15-6-2-8-20-12-15/h1-2,4-6,8,10-12H,3,7,9H2,(H,22,23). The van der Waals surface area contributed by atoms with E-state index in [1.165, 1.54) is 16.7 Å². The molecule has 5 nitrogen and oxygen atoms in total. The molecule has 2 aromatic rings. The monoisotopic (exact) mass is 384 g/mol. The Morgan fingerprint density at radius 2 is 2.08 bits per heavy atom. The van der Waals surface area contributed by atoms with Crippen molar-refractivity contribution in [2.24, 2.45) is 0 Å². The van der Waals surface area contributed by atoms with Crippen LogP contribution in [-0.2, 0) is 9.59 Å². The van der Waals surface area contributed by atoms with Crippen molar-refractivity contribution in [2.75, 3.05) is 6.54 Å². The quantitative estimate of drug-likeness (QED) is 0.603. The zero-order valence-electron chi connectivity index (χ0n) is 13.8. The summed E-state index contributed by atoms with van der Waals surface area (Å²) in [6.45, 7) is 0.323. The molecule has 1 N–H and O–H groups in total. The fourth-order valence-corrected chi connectivity index (χ4v) is 3.88. The lowest BCUT2D eigenvalue weighted by molar-refractivity contribution is -0.137. The van der Waals surface area contributed by atoms with Crippen molar-refractivity contribution in [3.05, 3.63) is 59.3 Å². The lowest BCUT2D eigenvalue weighted by Gasteiger charge is -2.13. The van der Waals surface area contributed by atoms with Crippen LogP contribution < -0.4 is 0 Å². The van der Waals surface area contributed by atoms with Crippen molar-refractivity contribution in [1.29, 1.82) is 0 Å². The Kier molecular flexibility index (Phi) is 5.80. The molecule has 0 bridgehead atoms. The summed E-state index contributed by atoms with van der Waals surface area (Å²) in [5, 5.41) is 8.73. The minimum absolute atomic E-state index is 0.0171. The first-order chi connectivity index (χ1) is 12.5. The van der Waals surface area contributed by atoms with Gasteiger partial charge in [-0.15, -0.1) is 0 Å². The highest BCUT2D eigenvalue weighted by Crippen LogP contribution is 2.33. The van der Waals surface area contributed by atoms with Gasteiger partial charge in [-0.05, 0) is 35.8 Å². The van der Waals surface area contributed by atoms with Crippen molar-refractivity contribution in [1.82, 2.24) is 9.88 Å². The molecule has 1 aliphatic heterocycles. The molecule has 0 aliphatic carbocycles. The van der Waals surface area contributed by atoms with Crippen LogP contribution in [0.4, 0.5) is 0 Å². The van der Waals surface area contributed by atoms with E-state index in [-0.39, 0.29) is 12.3 Å². The van der Waals surface area contributed by atoms with Gasteiger partial charge in [-0.3, -0.25) is 19.5 Å². The van der Waals surface area contributed by atoms with Gasteiger partial charge >= 0.3 is 5.97 Å². The summed E-state index contributed by atoms with van der Waals surface area (Å²) in [5.74, 6) is -1.05. The predicted molar refractivity (Wildman–Crippen MR) is 106 cm³/mol. The molecule has 132 valence electrons. The Morgan fingerprint density at radius 3 is 2.81 bits per heavy atom. The average molecular weight is 384 g/mol. The van der Waals surface area contributed by atoms with Gasteiger partial charge in [0.1, 0.15) is 4.32 Å². The van der Waals surface area contributed by atoms with Gasteiger partial charge in [0.2, 0.25) is 0 Å². The SMILES string of the molecule is O=C(O)CCCN1C(=O)C(=Cc2cccc(-c3cccnc3)c2)SC1=S. The van der Waals surface area contributed by atoms with Crippen LogP contribution >= 0.6 is 24.0 Å². The first kappa shape index (κ1) is 18.3. The summed E-state index contributed by atoms with van der Waals surface area (Å²) in [6, 6.07) is 11.7. The topological polar surface area (TPSA) is 70.5 Å². The molecule has 0 unspecified atom stereocenters. The molecule has 0 spiro atoms. The number of thiocarbonyl (C=S) groups is 1. The lowest BCUT2D eigenvalue weighted by atomic mass is 10.0. The van der Waals surface area contributed by atoms with Crippen molar-refractivity contribution < 1.29 is 14.7 Å². The number of benzene rings is 1. The summed E-state index contributed by atoms with van der Waals surface area (Å²) in [4.78, 5) is 29.3. The summed E-state index contributed by atoms with van der Waals surface area (Å²) in [7, 11) is 0. The fraction of sp³-hybridized carbons (Fsp3) is 0.158. The maximum atomic E-state index is 12.5. The van der Waals surface area contributed by atoms with E-state index < -0.39 is 5.97 Å². The van der Waals surface area contributed by atoms with E-state index in [9.17, 15) is 9.59 Å². The van der Waals surface area contributed by atoms with Gasteiger partial charge in [-0.25, -0.2) is 0 Å². The van der Waals surface area contributed by atoms with E-state index in [0.29, 0.717) is 22.2 Å². The third-order valence-electron chi connectivity index (χ3n) is 3.83. The van der Waals surface area contributed by atoms with Gasteiger partial charge in [0, 0.05) is 30.9 Å². The summed E-state index contributed by atoms with van der Waals surface area (Å²) >= 11 is 6.51. The second-order valence-corrected chi connectivity index (χ2v) is 7.37. The van der Waals surface area contributed by atoms with Crippen LogP contribution in [0.25, 0.3) is 17.2 Å². The summed E-state index contributed by atoms with van der Waals surface area (Å²) in [5.41, 5.74) is 2.92. The highest BCUT2D eigenvalue weighted by Gasteiger charge is 2.31. The Morgan fingerprint density at radius 1 is 1.27 bits per heavy atom. The number of aromatic nitrogens is 1. The molecule has 0 radical (unpaired) electrons. The van der Waals surface area contributed by atoms with E-state index in [1.54, 1.807) is 12.4 Å². The van der Waals surface area contributed by atoms with Gasteiger partial charge in [-0.2, -0.15) is 0 Å². The van der Waals surface area contributed by atoms with Crippen LogP contribution in [-0.4, -0.2) is 37.7 Å². The first-order valence-corrected chi connectivity index (χ1v) is 9.25. The molecule has 26 heavy (non-hydrogen) atoms. The molecule has 2 heterocycles. The number of hydrogen-bond acceptors (Lipinski definition) is 5. The Bertz CT molecular complexity index is 881. The molecular weight excluding hydrogens is 368 g/mol. The van der Waals surface area contributed by atoms with Crippen molar-refractivity contribution >= 4 is 46.3 Å². The second kappa shape index (κ2) is 8.25. The Hall–Kier alpha value is -2.51. The van der Waals surface area contributed by atoms with E-state index in [1.807, 2.05) is 42.5 Å². The minimum Gasteiger partial charge on any atom is -0.481 e. The zero-order valence-corrected chi connectivity index (χ0v) is 15.4. The number of carboxylic acids is 1. The fourth-order valence-electron chi connectivity index (χ4n) is 2.57. The molecule has 1 amide bonds. The summed E-state index contributed by atoms with van der Waals surface area (Å²) < 4.78 is 0.468. The minimum atomic E-state index is -0.877. The van der Waals surface area contributed by atoms with Gasteiger partial charge in [0.05, 0.1) is 4.91 Å². The molecule has 1 saturated heterocycles. The normalized spacial score (nSPS) is 15.7. The van der Waals surface area contributed by atoms with Crippen molar-refractivity contribution in [3.8, 4) is 11.1 Å². The van der Waals surface area contributed by atoms with Gasteiger partial charge in [0.25, 0.3) is 5.91 Å². The van der Waals surface area contributed by atoms with Gasteiger partial charge in [-0.1, -0.05) is 48.2 Å². The van der Waals surface area contributed by atoms with Crippen LogP contribution in [0.3, 0.4) is 0 Å². The molecule has 1 aliphatic rings. The number of amides is 1. The van der Waals surface area contributed by atoms with Crippen LogP contribution in [0.5, 0.6) is 0 Å². The molecular formula is C19H16N2O3S2. The number of rotatable bonds is 6. The first-order valence-electron chi connectivity index (χ1n) is 8.02. The van der Waals surface area contributed by atoms with Crippen molar-refractivity contribution in [3.63, 3.8) is 0 Å². The highest BCUT2D eigenvalue weighted by molar-refractivity contribution is 8.26. The zero-order chi connectivity index (χ0) is 18.5. The third-order valence-corrected chi connectivity index (χ3v) is 5.20. The van der Waals surface area contributed by atoms with Crippen LogP contribution in [0.1, 0.15) is 18.4 Å². The largest absolute Gasteiger partial charge is 0.481 e. The molecule has 1 fully saturated rings. The maximum absolute atomic E-state index is 12.5. The molecule has 3 rings (SSSR count). The molecule has 0 saturated carbocycles. The van der Waals surface area contributed by atoms with Gasteiger partial charge < -0.3 is 5.11 Å². The van der Waals surface area contributed by atoms with Crippen LogP contribution in [0, 0.1) is 0 Å². The number of hydrogen-bond donors (Lipinski definition) is 1. The van der Waals surface area contributed by atoms with E-state index in [2.05, 4.69) is 4.98 Å². The smallest absolute Gasteiger partial charge is 0.303 e. The lowest BCUT2D eigenvalue weighted by Crippen LogP contribution is -2.29. The molecule has 7 heteroatoms. The van der Waals surface area contributed by atoms with Gasteiger partial charge in [0.15, 0.2) is 0 Å². The Balaban J connectivity index is 1.77. The number of carbonyl (C=O) groups excluding carboxylic acids is 1. The highest BCUT2D eigenvalue weighted by atomic mass is 32.2. The van der Waals surface area contributed by atoms with E-state index in [4.69, 9.17) is 17.3 Å². The second-order valence-electron chi connectivity index (χ2n) is 5.70. The molecule has 1 aromatic heterocycles. The Labute approximate surface area is 160 Å². The van der Waals surface area contributed by atoms with Crippen LogP contribution in [0.15, 0.2) is 53.7 Å². The predicted octanol–water partition coefficient (Wildman–Crippen LogP) is 3.81. The number of pyridine rings is 1. The maximum Gasteiger partial charge on any atom is 0.303 e. The number of aliphatic carboxylic acids is 1. The molecule has 0 atom stereocenters. The van der Waals surface area contributed by atoms with Crippen molar-refractivity contribution in [2.45, 2.75) is 12.8 Å². The number of thioether (sulfide) groups is 1. The number of carbonyl (C=O) groups is 2. The average Bonchev–Trinajstić information content (AvgIpc) is 2.90.